The number of alkyl halides is 3. The maximum absolute atomic E-state index is 12.0. The standard InChI is InChI=1S/C13H13F3O/c14-13(15,16)6-5-12(17)11-7-9-3-1-2-4-10(9)8-11/h1-4,11H,5-8H2. The summed E-state index contributed by atoms with van der Waals surface area (Å²) >= 11 is 0. The van der Waals surface area contributed by atoms with Crippen molar-refractivity contribution in [3.05, 3.63) is 35.4 Å². The van der Waals surface area contributed by atoms with Gasteiger partial charge in [-0.05, 0) is 24.0 Å². The van der Waals surface area contributed by atoms with Gasteiger partial charge < -0.3 is 0 Å². The van der Waals surface area contributed by atoms with Crippen LogP contribution >= 0.6 is 0 Å². The van der Waals surface area contributed by atoms with Gasteiger partial charge in [0.2, 0.25) is 0 Å². The molecular weight excluding hydrogens is 229 g/mol. The summed E-state index contributed by atoms with van der Waals surface area (Å²) < 4.78 is 36.0. The number of halogens is 3. The number of rotatable bonds is 3. The minimum Gasteiger partial charge on any atom is -0.299 e. The smallest absolute Gasteiger partial charge is 0.299 e. The molecule has 92 valence electrons. The normalized spacial score (nSPS) is 15.9. The molecule has 0 unspecified atom stereocenters. The number of Topliss-reactive ketones (excluding diaryl/α,β-unsaturated/α-hetero) is 1. The van der Waals surface area contributed by atoms with Crippen molar-refractivity contribution < 1.29 is 18.0 Å². The number of ketones is 1. The average Bonchev–Trinajstić information content (AvgIpc) is 2.68. The Labute approximate surface area is 97.6 Å². The topological polar surface area (TPSA) is 17.1 Å². The van der Waals surface area contributed by atoms with Crippen molar-refractivity contribution in [1.29, 1.82) is 0 Å². The second-order valence-electron chi connectivity index (χ2n) is 4.46. The number of carbonyl (C=O) groups is 1. The Bertz CT molecular complexity index is 398. The molecule has 17 heavy (non-hydrogen) atoms. The van der Waals surface area contributed by atoms with E-state index in [-0.39, 0.29) is 18.1 Å². The van der Waals surface area contributed by atoms with Crippen LogP contribution in [0.5, 0.6) is 0 Å². The average molecular weight is 242 g/mol. The van der Waals surface area contributed by atoms with Crippen LogP contribution in [0.4, 0.5) is 13.2 Å². The van der Waals surface area contributed by atoms with Gasteiger partial charge in [-0.25, -0.2) is 0 Å². The van der Waals surface area contributed by atoms with E-state index in [0.29, 0.717) is 12.8 Å². The van der Waals surface area contributed by atoms with Gasteiger partial charge in [0.1, 0.15) is 5.78 Å². The lowest BCUT2D eigenvalue weighted by atomic mass is 9.97. The summed E-state index contributed by atoms with van der Waals surface area (Å²) in [6, 6.07) is 7.65. The maximum atomic E-state index is 12.0. The van der Waals surface area contributed by atoms with E-state index in [1.165, 1.54) is 0 Å². The SMILES string of the molecule is O=C(CCC(F)(F)F)C1Cc2ccccc2C1. The van der Waals surface area contributed by atoms with Crippen LogP contribution in [0.25, 0.3) is 0 Å². The number of fused-ring (bicyclic) bond motifs is 1. The highest BCUT2D eigenvalue weighted by Crippen LogP contribution is 2.29. The molecule has 0 saturated carbocycles. The minimum atomic E-state index is -4.24. The van der Waals surface area contributed by atoms with Crippen LogP contribution < -0.4 is 0 Å². The van der Waals surface area contributed by atoms with Gasteiger partial charge in [-0.1, -0.05) is 24.3 Å². The first kappa shape index (κ1) is 12.1. The van der Waals surface area contributed by atoms with Crippen molar-refractivity contribution in [2.24, 2.45) is 5.92 Å². The van der Waals surface area contributed by atoms with Crippen LogP contribution in [0.1, 0.15) is 24.0 Å². The van der Waals surface area contributed by atoms with Gasteiger partial charge in [0, 0.05) is 12.3 Å². The number of hydrogen-bond donors (Lipinski definition) is 0. The van der Waals surface area contributed by atoms with Crippen LogP contribution in [0.2, 0.25) is 0 Å². The fourth-order valence-corrected chi connectivity index (χ4v) is 2.26. The lowest BCUT2D eigenvalue weighted by Crippen LogP contribution is -2.18. The largest absolute Gasteiger partial charge is 0.389 e. The van der Waals surface area contributed by atoms with Crippen LogP contribution in [-0.2, 0) is 17.6 Å². The Morgan fingerprint density at radius 1 is 1.18 bits per heavy atom. The molecule has 1 aliphatic rings. The summed E-state index contributed by atoms with van der Waals surface area (Å²) in [6.45, 7) is 0. The zero-order chi connectivity index (χ0) is 12.5. The molecule has 0 saturated heterocycles. The molecule has 0 atom stereocenters. The minimum absolute atomic E-state index is 0.255. The molecular formula is C13H13F3O. The first-order valence-electron chi connectivity index (χ1n) is 5.62. The zero-order valence-electron chi connectivity index (χ0n) is 9.26. The highest BCUT2D eigenvalue weighted by Gasteiger charge is 2.32. The lowest BCUT2D eigenvalue weighted by Gasteiger charge is -2.09. The highest BCUT2D eigenvalue weighted by molar-refractivity contribution is 5.82. The molecule has 0 N–H and O–H groups in total. The van der Waals surface area contributed by atoms with Gasteiger partial charge in [-0.15, -0.1) is 0 Å². The molecule has 0 bridgehead atoms. The van der Waals surface area contributed by atoms with E-state index in [2.05, 4.69) is 0 Å². The molecule has 0 fully saturated rings. The summed E-state index contributed by atoms with van der Waals surface area (Å²) in [7, 11) is 0. The molecule has 1 aliphatic carbocycles. The Morgan fingerprint density at radius 3 is 2.18 bits per heavy atom. The molecule has 1 aromatic carbocycles. The Morgan fingerprint density at radius 2 is 1.71 bits per heavy atom. The number of carbonyl (C=O) groups excluding carboxylic acids is 1. The third-order valence-electron chi connectivity index (χ3n) is 3.16. The van der Waals surface area contributed by atoms with E-state index in [0.717, 1.165) is 11.1 Å². The van der Waals surface area contributed by atoms with Crippen molar-refractivity contribution in [3.8, 4) is 0 Å². The maximum Gasteiger partial charge on any atom is 0.389 e. The van der Waals surface area contributed by atoms with Crippen LogP contribution in [0.3, 0.4) is 0 Å². The second kappa shape index (κ2) is 4.51. The first-order valence-corrected chi connectivity index (χ1v) is 5.62. The molecule has 0 aliphatic heterocycles. The summed E-state index contributed by atoms with van der Waals surface area (Å²) in [5.41, 5.74) is 2.19. The molecule has 4 heteroatoms. The molecule has 0 heterocycles. The summed E-state index contributed by atoms with van der Waals surface area (Å²) in [6.07, 6.45) is -4.44. The van der Waals surface area contributed by atoms with E-state index < -0.39 is 12.6 Å². The van der Waals surface area contributed by atoms with Gasteiger partial charge in [0.15, 0.2) is 0 Å². The van der Waals surface area contributed by atoms with E-state index in [9.17, 15) is 18.0 Å². The van der Waals surface area contributed by atoms with E-state index in [4.69, 9.17) is 0 Å². The number of hydrogen-bond acceptors (Lipinski definition) is 1. The molecule has 1 aromatic rings. The molecule has 1 nitrogen and oxygen atoms in total. The fraction of sp³-hybridized carbons (Fsp3) is 0.462. The summed E-state index contributed by atoms with van der Waals surface area (Å²) in [5.74, 6) is -0.520. The Balaban J connectivity index is 1.92. The molecule has 0 amide bonds. The van der Waals surface area contributed by atoms with Crippen molar-refractivity contribution in [2.75, 3.05) is 0 Å². The van der Waals surface area contributed by atoms with E-state index in [1.54, 1.807) is 0 Å². The summed E-state index contributed by atoms with van der Waals surface area (Å²) in [5, 5.41) is 0. The predicted octanol–water partition coefficient (Wildman–Crippen LogP) is 3.31. The van der Waals surface area contributed by atoms with Crippen LogP contribution in [-0.4, -0.2) is 12.0 Å². The zero-order valence-corrected chi connectivity index (χ0v) is 9.26. The highest BCUT2D eigenvalue weighted by atomic mass is 19.4. The van der Waals surface area contributed by atoms with Crippen LogP contribution in [0, 0.1) is 5.92 Å². The first-order chi connectivity index (χ1) is 7.96. The Hall–Kier alpha value is -1.32. The molecule has 0 radical (unpaired) electrons. The van der Waals surface area contributed by atoms with Crippen molar-refractivity contribution >= 4 is 5.78 Å². The fourth-order valence-electron chi connectivity index (χ4n) is 2.26. The quantitative estimate of drug-likeness (QED) is 0.794. The van der Waals surface area contributed by atoms with E-state index in [1.807, 2.05) is 24.3 Å². The molecule has 2 rings (SSSR count). The van der Waals surface area contributed by atoms with Gasteiger partial charge in [0.25, 0.3) is 0 Å². The van der Waals surface area contributed by atoms with Gasteiger partial charge in [-0.2, -0.15) is 13.2 Å². The predicted molar refractivity (Wildman–Crippen MR) is 57.6 cm³/mol. The monoisotopic (exact) mass is 242 g/mol. The van der Waals surface area contributed by atoms with Crippen molar-refractivity contribution in [3.63, 3.8) is 0 Å². The van der Waals surface area contributed by atoms with Gasteiger partial charge in [0.05, 0.1) is 6.42 Å². The van der Waals surface area contributed by atoms with Gasteiger partial charge in [-0.3, -0.25) is 4.79 Å². The summed E-state index contributed by atoms with van der Waals surface area (Å²) in [4.78, 5) is 11.7. The molecule has 0 aromatic heterocycles. The lowest BCUT2D eigenvalue weighted by molar-refractivity contribution is -0.144. The number of benzene rings is 1. The van der Waals surface area contributed by atoms with Crippen molar-refractivity contribution in [1.82, 2.24) is 0 Å². The van der Waals surface area contributed by atoms with Crippen molar-refractivity contribution in [2.45, 2.75) is 31.9 Å². The third kappa shape index (κ3) is 3.08. The third-order valence-corrected chi connectivity index (χ3v) is 3.16. The van der Waals surface area contributed by atoms with Crippen LogP contribution in [0.15, 0.2) is 24.3 Å². The van der Waals surface area contributed by atoms with Gasteiger partial charge >= 0.3 is 6.18 Å². The molecule has 0 spiro atoms. The van der Waals surface area contributed by atoms with E-state index >= 15 is 0 Å². The second-order valence-corrected chi connectivity index (χ2v) is 4.46. The Kier molecular flexibility index (Phi) is 3.22.